The Balaban J connectivity index is 1.96. The van der Waals surface area contributed by atoms with Crippen LogP contribution in [-0.2, 0) is 17.6 Å². The number of carboxylic acids is 1. The highest BCUT2D eigenvalue weighted by atomic mass is 16.4. The molecule has 0 bridgehead atoms. The first-order chi connectivity index (χ1) is 9.97. The minimum absolute atomic E-state index is 0.181. The van der Waals surface area contributed by atoms with Gasteiger partial charge in [-0.2, -0.15) is 0 Å². The van der Waals surface area contributed by atoms with Gasteiger partial charge < -0.3 is 10.4 Å². The first-order valence-electron chi connectivity index (χ1n) is 7.60. The summed E-state index contributed by atoms with van der Waals surface area (Å²) in [6.45, 7) is 4.15. The molecule has 2 rings (SSSR count). The van der Waals surface area contributed by atoms with Crippen molar-refractivity contribution in [3.8, 4) is 0 Å². The number of nitrogens with one attached hydrogen (secondary N) is 1. The Kier molecular flexibility index (Phi) is 4.99. The third-order valence-electron chi connectivity index (χ3n) is 3.97. The monoisotopic (exact) mass is 289 g/mol. The fourth-order valence-electron chi connectivity index (χ4n) is 2.87. The number of hydrogen-bond donors (Lipinski definition) is 2. The van der Waals surface area contributed by atoms with Crippen molar-refractivity contribution >= 4 is 11.9 Å². The summed E-state index contributed by atoms with van der Waals surface area (Å²) in [6, 6.07) is 5.79. The average molecular weight is 289 g/mol. The summed E-state index contributed by atoms with van der Waals surface area (Å²) >= 11 is 0. The highest BCUT2D eigenvalue weighted by Crippen LogP contribution is 2.22. The van der Waals surface area contributed by atoms with Crippen molar-refractivity contribution in [2.75, 3.05) is 6.54 Å². The quantitative estimate of drug-likeness (QED) is 0.846. The van der Waals surface area contributed by atoms with Crippen LogP contribution in [0.2, 0.25) is 0 Å². The van der Waals surface area contributed by atoms with Crippen LogP contribution in [0.5, 0.6) is 0 Å². The lowest BCUT2D eigenvalue weighted by molar-refractivity contribution is -0.142. The summed E-state index contributed by atoms with van der Waals surface area (Å²) in [5.41, 5.74) is 3.21. The minimum atomic E-state index is -0.849. The number of aliphatic carboxylic acids is 1. The molecule has 1 aliphatic carbocycles. The molecule has 1 unspecified atom stereocenters. The predicted octanol–water partition coefficient (Wildman–Crippen LogP) is 2.65. The molecule has 1 aromatic rings. The third-order valence-corrected chi connectivity index (χ3v) is 3.97. The number of benzene rings is 1. The largest absolute Gasteiger partial charge is 0.481 e. The Morgan fingerprint density at radius 3 is 2.62 bits per heavy atom. The number of fused-ring (bicyclic) bond motifs is 1. The summed E-state index contributed by atoms with van der Waals surface area (Å²) < 4.78 is 0. The summed E-state index contributed by atoms with van der Waals surface area (Å²) in [5, 5.41) is 11.9. The van der Waals surface area contributed by atoms with Gasteiger partial charge in [-0.3, -0.25) is 9.59 Å². The van der Waals surface area contributed by atoms with Gasteiger partial charge in [-0.25, -0.2) is 0 Å². The van der Waals surface area contributed by atoms with Crippen LogP contribution in [0.25, 0.3) is 0 Å². The standard InChI is InChI=1S/C17H23NO3/c1-11(2)8-15(17(20)21)10-18-16(19)14-7-6-12-4-3-5-13(12)9-14/h6-7,9,11,15H,3-5,8,10H2,1-2H3,(H,18,19)(H,20,21). The molecule has 0 radical (unpaired) electrons. The molecule has 1 amide bonds. The lowest BCUT2D eigenvalue weighted by Crippen LogP contribution is -2.33. The van der Waals surface area contributed by atoms with E-state index in [2.05, 4.69) is 5.32 Å². The molecule has 2 N–H and O–H groups in total. The van der Waals surface area contributed by atoms with Crippen LogP contribution in [0.4, 0.5) is 0 Å². The van der Waals surface area contributed by atoms with Gasteiger partial charge in [0.2, 0.25) is 0 Å². The zero-order valence-corrected chi connectivity index (χ0v) is 12.7. The van der Waals surface area contributed by atoms with E-state index in [1.807, 2.05) is 32.0 Å². The zero-order chi connectivity index (χ0) is 15.4. The molecule has 4 nitrogen and oxygen atoms in total. The molecule has 4 heteroatoms. The van der Waals surface area contributed by atoms with Crippen LogP contribution < -0.4 is 5.32 Å². The van der Waals surface area contributed by atoms with Crippen molar-refractivity contribution in [2.24, 2.45) is 11.8 Å². The Morgan fingerprint density at radius 2 is 1.95 bits per heavy atom. The van der Waals surface area contributed by atoms with Gasteiger partial charge in [-0.05, 0) is 54.9 Å². The summed E-state index contributed by atoms with van der Waals surface area (Å²) in [6.07, 6.45) is 3.84. The van der Waals surface area contributed by atoms with E-state index in [4.69, 9.17) is 0 Å². The van der Waals surface area contributed by atoms with E-state index in [9.17, 15) is 14.7 Å². The van der Waals surface area contributed by atoms with E-state index in [-0.39, 0.29) is 12.5 Å². The highest BCUT2D eigenvalue weighted by Gasteiger charge is 2.20. The van der Waals surface area contributed by atoms with Crippen LogP contribution in [0.15, 0.2) is 18.2 Å². The highest BCUT2D eigenvalue weighted by molar-refractivity contribution is 5.94. The van der Waals surface area contributed by atoms with Crippen LogP contribution in [-0.4, -0.2) is 23.5 Å². The second-order valence-corrected chi connectivity index (χ2v) is 6.21. The van der Waals surface area contributed by atoms with Crippen molar-refractivity contribution in [1.82, 2.24) is 5.32 Å². The molecule has 1 atom stereocenters. The van der Waals surface area contributed by atoms with Gasteiger partial charge >= 0.3 is 5.97 Å². The van der Waals surface area contributed by atoms with Crippen LogP contribution in [0.1, 0.15) is 48.2 Å². The number of hydrogen-bond acceptors (Lipinski definition) is 2. The molecule has 0 saturated carbocycles. The normalized spacial score (nSPS) is 14.8. The maximum atomic E-state index is 12.2. The van der Waals surface area contributed by atoms with Gasteiger partial charge in [0.05, 0.1) is 5.92 Å². The lowest BCUT2D eigenvalue weighted by Gasteiger charge is -2.15. The zero-order valence-electron chi connectivity index (χ0n) is 12.7. The van der Waals surface area contributed by atoms with Crippen LogP contribution in [0, 0.1) is 11.8 Å². The molecule has 0 spiro atoms. The molecule has 1 aromatic carbocycles. The molecule has 114 valence electrons. The van der Waals surface area contributed by atoms with E-state index in [0.29, 0.717) is 17.9 Å². The van der Waals surface area contributed by atoms with Crippen molar-refractivity contribution in [1.29, 1.82) is 0 Å². The number of rotatable bonds is 6. The summed E-state index contributed by atoms with van der Waals surface area (Å²) in [7, 11) is 0. The van der Waals surface area contributed by atoms with Crippen LogP contribution in [0.3, 0.4) is 0 Å². The molecule has 0 saturated heterocycles. The van der Waals surface area contributed by atoms with Crippen molar-refractivity contribution in [2.45, 2.75) is 39.5 Å². The number of carbonyl (C=O) groups is 2. The number of carbonyl (C=O) groups excluding carboxylic acids is 1. The van der Waals surface area contributed by atoms with Gasteiger partial charge in [0.15, 0.2) is 0 Å². The summed E-state index contributed by atoms with van der Waals surface area (Å²) in [4.78, 5) is 23.3. The average Bonchev–Trinajstić information content (AvgIpc) is 2.89. The predicted molar refractivity (Wildman–Crippen MR) is 81.4 cm³/mol. The van der Waals surface area contributed by atoms with E-state index in [1.54, 1.807) is 0 Å². The van der Waals surface area contributed by atoms with Gasteiger partial charge in [0.1, 0.15) is 0 Å². The van der Waals surface area contributed by atoms with Gasteiger partial charge in [0, 0.05) is 12.1 Å². The summed E-state index contributed by atoms with van der Waals surface area (Å²) in [5.74, 6) is -1.26. The molecule has 21 heavy (non-hydrogen) atoms. The third kappa shape index (κ3) is 4.06. The molecule has 0 fully saturated rings. The second-order valence-electron chi connectivity index (χ2n) is 6.21. The molecule has 0 aliphatic heterocycles. The topological polar surface area (TPSA) is 66.4 Å². The molecule has 0 heterocycles. The van der Waals surface area contributed by atoms with E-state index in [0.717, 1.165) is 19.3 Å². The van der Waals surface area contributed by atoms with Crippen molar-refractivity contribution < 1.29 is 14.7 Å². The maximum absolute atomic E-state index is 12.2. The van der Waals surface area contributed by atoms with Crippen LogP contribution >= 0.6 is 0 Å². The van der Waals surface area contributed by atoms with E-state index in [1.165, 1.54) is 11.1 Å². The Labute approximate surface area is 125 Å². The maximum Gasteiger partial charge on any atom is 0.308 e. The SMILES string of the molecule is CC(C)CC(CNC(=O)c1ccc2c(c1)CCC2)C(=O)O. The molecule has 1 aliphatic rings. The van der Waals surface area contributed by atoms with Gasteiger partial charge in [0.25, 0.3) is 5.91 Å². The lowest BCUT2D eigenvalue weighted by atomic mass is 9.97. The van der Waals surface area contributed by atoms with E-state index >= 15 is 0 Å². The van der Waals surface area contributed by atoms with Gasteiger partial charge in [-0.15, -0.1) is 0 Å². The van der Waals surface area contributed by atoms with Crippen molar-refractivity contribution in [3.63, 3.8) is 0 Å². The smallest absolute Gasteiger partial charge is 0.308 e. The Hall–Kier alpha value is -1.84. The Morgan fingerprint density at radius 1 is 1.24 bits per heavy atom. The molecular formula is C17H23NO3. The molecular weight excluding hydrogens is 266 g/mol. The number of amides is 1. The second kappa shape index (κ2) is 6.74. The van der Waals surface area contributed by atoms with Crippen molar-refractivity contribution in [3.05, 3.63) is 34.9 Å². The molecule has 0 aromatic heterocycles. The number of carboxylic acid groups (broad SMARTS) is 1. The van der Waals surface area contributed by atoms with Gasteiger partial charge in [-0.1, -0.05) is 19.9 Å². The fraction of sp³-hybridized carbons (Fsp3) is 0.529. The fourth-order valence-corrected chi connectivity index (χ4v) is 2.87. The first kappa shape index (κ1) is 15.5. The minimum Gasteiger partial charge on any atom is -0.481 e. The first-order valence-corrected chi connectivity index (χ1v) is 7.60. The Bertz CT molecular complexity index is 537. The van der Waals surface area contributed by atoms with E-state index < -0.39 is 11.9 Å². The number of aryl methyl sites for hydroxylation is 2.